The van der Waals surface area contributed by atoms with Crippen LogP contribution in [0.1, 0.15) is 71.4 Å². The molecule has 0 aromatic heterocycles. The summed E-state index contributed by atoms with van der Waals surface area (Å²) in [6, 6.07) is 0. The lowest BCUT2D eigenvalue weighted by Gasteiger charge is -2.20. The van der Waals surface area contributed by atoms with Crippen molar-refractivity contribution in [2.24, 2.45) is 0 Å². The maximum Gasteiger partial charge on any atom is 0.351 e. The Balaban J connectivity index is 3.75. The van der Waals surface area contributed by atoms with Crippen LogP contribution in [0.5, 0.6) is 0 Å². The molecule has 0 radical (unpaired) electrons. The van der Waals surface area contributed by atoms with Gasteiger partial charge in [-0.25, -0.2) is 9.59 Å². The van der Waals surface area contributed by atoms with Crippen molar-refractivity contribution in [2.75, 3.05) is 0 Å². The monoisotopic (exact) mass is 590 g/mol. The zero-order valence-electron chi connectivity index (χ0n) is 13.4. The van der Waals surface area contributed by atoms with Crippen LogP contribution in [0, 0.1) is 0 Å². The molecule has 24 heavy (non-hydrogen) atoms. The third-order valence-electron chi connectivity index (χ3n) is 3.70. The predicted octanol–water partition coefficient (Wildman–Crippen LogP) is 6.83. The molecular formula is C16H18Br4O4. The van der Waals surface area contributed by atoms with Crippen molar-refractivity contribution in [1.82, 2.24) is 0 Å². The SMILES string of the molecule is CCCCc1c(Br)c(Br)c(C(=O)OBr)c(C(=O)OBr)c1CCCC. The van der Waals surface area contributed by atoms with Gasteiger partial charge in [0.25, 0.3) is 0 Å². The fourth-order valence-electron chi connectivity index (χ4n) is 2.52. The number of halogens is 4. The van der Waals surface area contributed by atoms with Crippen molar-refractivity contribution < 1.29 is 17.2 Å². The quantitative estimate of drug-likeness (QED) is 0.332. The summed E-state index contributed by atoms with van der Waals surface area (Å²) in [7, 11) is 0. The maximum atomic E-state index is 12.4. The third-order valence-corrected chi connectivity index (χ3v) is 6.49. The third kappa shape index (κ3) is 5.05. The molecule has 0 amide bonds. The van der Waals surface area contributed by atoms with E-state index in [1.807, 2.05) is 0 Å². The van der Waals surface area contributed by atoms with Gasteiger partial charge in [-0.3, -0.25) is 0 Å². The summed E-state index contributed by atoms with van der Waals surface area (Å²) >= 11 is 12.4. The highest BCUT2D eigenvalue weighted by Gasteiger charge is 2.30. The van der Waals surface area contributed by atoms with E-state index in [4.69, 9.17) is 3.83 Å². The molecule has 0 aliphatic rings. The van der Waals surface area contributed by atoms with Crippen LogP contribution in [0.2, 0.25) is 0 Å². The van der Waals surface area contributed by atoms with Crippen molar-refractivity contribution in [1.29, 1.82) is 0 Å². The van der Waals surface area contributed by atoms with Crippen LogP contribution in [0.25, 0.3) is 0 Å². The second kappa shape index (κ2) is 10.9. The molecule has 0 unspecified atom stereocenters. The van der Waals surface area contributed by atoms with E-state index in [2.05, 4.69) is 82.1 Å². The van der Waals surface area contributed by atoms with E-state index in [0.717, 1.165) is 47.7 Å². The summed E-state index contributed by atoms with van der Waals surface area (Å²) in [5, 5.41) is 0. The van der Waals surface area contributed by atoms with Gasteiger partial charge in [0.1, 0.15) is 0 Å². The highest BCUT2D eigenvalue weighted by Crippen LogP contribution is 2.39. The van der Waals surface area contributed by atoms with Crippen molar-refractivity contribution in [2.45, 2.75) is 52.4 Å². The van der Waals surface area contributed by atoms with Crippen LogP contribution in [0.4, 0.5) is 0 Å². The number of rotatable bonds is 8. The molecule has 1 rings (SSSR count). The molecule has 134 valence electrons. The summed E-state index contributed by atoms with van der Waals surface area (Å²) in [5.74, 6) is -1.27. The molecule has 0 saturated carbocycles. The van der Waals surface area contributed by atoms with E-state index >= 15 is 0 Å². The molecule has 0 atom stereocenters. The number of unbranched alkanes of at least 4 members (excludes halogenated alkanes) is 2. The Kier molecular flexibility index (Phi) is 10.1. The highest BCUT2D eigenvalue weighted by molar-refractivity contribution is 9.13. The van der Waals surface area contributed by atoms with Gasteiger partial charge < -0.3 is 7.66 Å². The van der Waals surface area contributed by atoms with Gasteiger partial charge in [-0.2, -0.15) is 0 Å². The zero-order chi connectivity index (χ0) is 18.3. The highest BCUT2D eigenvalue weighted by atomic mass is 79.9. The van der Waals surface area contributed by atoms with Crippen molar-refractivity contribution in [3.8, 4) is 0 Å². The standard InChI is InChI=1S/C16H18Br4O4/c1-3-5-7-9-10(8-6-4-2)13(17)14(18)12(16(22)24-20)11(9)15(21)23-19/h3-8H2,1-2H3. The fourth-order valence-corrected chi connectivity index (χ4v) is 4.08. The zero-order valence-corrected chi connectivity index (χ0v) is 19.7. The Morgan fingerprint density at radius 3 is 1.71 bits per heavy atom. The minimum absolute atomic E-state index is 0.148. The topological polar surface area (TPSA) is 52.6 Å². The van der Waals surface area contributed by atoms with Crippen LogP contribution in [-0.2, 0) is 20.5 Å². The van der Waals surface area contributed by atoms with Crippen LogP contribution < -0.4 is 0 Å². The Bertz CT molecular complexity index is 617. The summed E-state index contributed by atoms with van der Waals surface area (Å²) in [6.07, 6.45) is 5.37. The summed E-state index contributed by atoms with van der Waals surface area (Å²) in [6.45, 7) is 4.19. The molecule has 1 aromatic rings. The molecule has 0 N–H and O–H groups in total. The lowest BCUT2D eigenvalue weighted by molar-refractivity contribution is 0.0738. The van der Waals surface area contributed by atoms with Crippen LogP contribution in [-0.4, -0.2) is 11.9 Å². The van der Waals surface area contributed by atoms with E-state index in [-0.39, 0.29) is 11.1 Å². The predicted molar refractivity (Wildman–Crippen MR) is 108 cm³/mol. The van der Waals surface area contributed by atoms with Gasteiger partial charge in [-0.05, 0) is 68.7 Å². The molecule has 1 aromatic carbocycles. The minimum Gasteiger partial charge on any atom is -0.380 e. The average molecular weight is 594 g/mol. The number of carbonyl (C=O) groups excluding carboxylic acids is 2. The second-order valence-corrected chi connectivity index (χ2v) is 7.50. The molecule has 0 aliphatic heterocycles. The second-order valence-electron chi connectivity index (χ2n) is 5.27. The molecule has 0 saturated heterocycles. The Morgan fingerprint density at radius 2 is 1.25 bits per heavy atom. The number of carbonyl (C=O) groups is 2. The van der Waals surface area contributed by atoms with E-state index in [1.54, 1.807) is 0 Å². The molecule has 0 aliphatic carbocycles. The van der Waals surface area contributed by atoms with Gasteiger partial charge >= 0.3 is 11.9 Å². The Hall–Kier alpha value is 0.0800. The number of hydrogen-bond acceptors (Lipinski definition) is 4. The summed E-state index contributed by atoms with van der Waals surface area (Å²) in [5.41, 5.74) is 2.24. The van der Waals surface area contributed by atoms with Crippen molar-refractivity contribution >= 4 is 76.3 Å². The summed E-state index contributed by atoms with van der Waals surface area (Å²) < 4.78 is 10.7. The maximum absolute atomic E-state index is 12.4. The van der Waals surface area contributed by atoms with E-state index in [9.17, 15) is 9.59 Å². The molecule has 8 heteroatoms. The number of benzene rings is 1. The first-order chi connectivity index (χ1) is 11.4. The first-order valence-corrected chi connectivity index (χ1v) is 10.5. The molecule has 0 bridgehead atoms. The fraction of sp³-hybridized carbons (Fsp3) is 0.500. The molecule has 0 fully saturated rings. The first kappa shape index (κ1) is 22.1. The Labute approximate surface area is 176 Å². The van der Waals surface area contributed by atoms with Crippen LogP contribution in [0.3, 0.4) is 0 Å². The van der Waals surface area contributed by atoms with Gasteiger partial charge in [0.05, 0.1) is 11.1 Å². The largest absolute Gasteiger partial charge is 0.380 e. The average Bonchev–Trinajstić information content (AvgIpc) is 2.59. The van der Waals surface area contributed by atoms with E-state index in [0.29, 0.717) is 10.9 Å². The minimum atomic E-state index is -0.657. The lowest BCUT2D eigenvalue weighted by Crippen LogP contribution is -2.17. The van der Waals surface area contributed by atoms with E-state index < -0.39 is 11.9 Å². The van der Waals surface area contributed by atoms with Gasteiger partial charge in [-0.15, -0.1) is 0 Å². The molecule has 0 heterocycles. The van der Waals surface area contributed by atoms with Gasteiger partial charge in [0, 0.05) is 8.95 Å². The van der Waals surface area contributed by atoms with Gasteiger partial charge in [0.15, 0.2) is 32.5 Å². The number of hydrogen-bond donors (Lipinski definition) is 0. The first-order valence-electron chi connectivity index (χ1n) is 7.62. The van der Waals surface area contributed by atoms with E-state index in [1.165, 1.54) is 0 Å². The van der Waals surface area contributed by atoms with Crippen molar-refractivity contribution in [3.05, 3.63) is 31.2 Å². The van der Waals surface area contributed by atoms with Crippen LogP contribution >= 0.6 is 64.4 Å². The molecule has 4 nitrogen and oxygen atoms in total. The smallest absolute Gasteiger partial charge is 0.351 e. The van der Waals surface area contributed by atoms with Gasteiger partial charge in [0.2, 0.25) is 0 Å². The normalized spacial score (nSPS) is 10.6. The van der Waals surface area contributed by atoms with Crippen LogP contribution in [0.15, 0.2) is 8.95 Å². The Morgan fingerprint density at radius 1 is 0.792 bits per heavy atom. The summed E-state index contributed by atoms with van der Waals surface area (Å²) in [4.78, 5) is 24.6. The van der Waals surface area contributed by atoms with Gasteiger partial charge in [-0.1, -0.05) is 26.7 Å². The lowest BCUT2D eigenvalue weighted by atomic mass is 9.90. The molecule has 0 spiro atoms. The van der Waals surface area contributed by atoms with Crippen molar-refractivity contribution in [3.63, 3.8) is 0 Å². The molecular weight excluding hydrogens is 576 g/mol.